The Morgan fingerprint density at radius 3 is 2.28 bits per heavy atom. The number of aliphatic carboxylic acids is 1. The first-order chi connectivity index (χ1) is 8.32. The van der Waals surface area contributed by atoms with Gasteiger partial charge in [-0.25, -0.2) is 0 Å². The zero-order chi connectivity index (χ0) is 13.9. The highest BCUT2D eigenvalue weighted by molar-refractivity contribution is 6.01. The predicted octanol–water partition coefficient (Wildman–Crippen LogP) is 3.06. The minimum atomic E-state index is -0.988. The Morgan fingerprint density at radius 2 is 1.78 bits per heavy atom. The number of benzene rings is 1. The molecule has 0 radical (unpaired) electrons. The lowest BCUT2D eigenvalue weighted by atomic mass is 9.96. The van der Waals surface area contributed by atoms with Crippen molar-refractivity contribution < 1.29 is 14.7 Å². The molecule has 0 fully saturated rings. The topological polar surface area (TPSA) is 54.4 Å². The highest BCUT2D eigenvalue weighted by Crippen LogP contribution is 2.20. The summed E-state index contributed by atoms with van der Waals surface area (Å²) in [4.78, 5) is 22.1. The molecule has 0 unspecified atom stereocenters. The number of carbonyl (C=O) groups excluding carboxylic acids is 1. The van der Waals surface area contributed by atoms with Gasteiger partial charge in [0.25, 0.3) is 0 Å². The maximum atomic E-state index is 11.4. The van der Waals surface area contributed by atoms with Gasteiger partial charge in [-0.05, 0) is 56.0 Å². The van der Waals surface area contributed by atoms with E-state index in [4.69, 9.17) is 5.11 Å². The third-order valence-corrected chi connectivity index (χ3v) is 3.22. The van der Waals surface area contributed by atoms with Gasteiger partial charge in [-0.1, -0.05) is 12.1 Å². The number of rotatable bonds is 4. The zero-order valence-corrected chi connectivity index (χ0v) is 11.2. The van der Waals surface area contributed by atoms with Crippen molar-refractivity contribution in [2.24, 2.45) is 0 Å². The van der Waals surface area contributed by atoms with Crippen LogP contribution in [-0.4, -0.2) is 16.9 Å². The van der Waals surface area contributed by atoms with Crippen LogP contribution in [0, 0.1) is 20.8 Å². The van der Waals surface area contributed by atoms with Gasteiger partial charge < -0.3 is 5.11 Å². The van der Waals surface area contributed by atoms with Crippen molar-refractivity contribution in [3.8, 4) is 0 Å². The summed E-state index contributed by atoms with van der Waals surface area (Å²) >= 11 is 0. The molecule has 3 nitrogen and oxygen atoms in total. The number of aryl methyl sites for hydroxylation is 1. The van der Waals surface area contributed by atoms with Crippen LogP contribution < -0.4 is 0 Å². The largest absolute Gasteiger partial charge is 0.481 e. The first kappa shape index (κ1) is 14.2. The molecule has 0 aromatic heterocycles. The van der Waals surface area contributed by atoms with Crippen LogP contribution in [0.4, 0.5) is 0 Å². The van der Waals surface area contributed by atoms with E-state index < -0.39 is 5.97 Å². The molecule has 3 heteroatoms. The molecular formula is C15H18O3. The van der Waals surface area contributed by atoms with Gasteiger partial charge in [0.2, 0.25) is 0 Å². The van der Waals surface area contributed by atoms with Crippen LogP contribution in [0.5, 0.6) is 0 Å². The molecule has 18 heavy (non-hydrogen) atoms. The van der Waals surface area contributed by atoms with Crippen molar-refractivity contribution in [1.82, 2.24) is 0 Å². The molecular weight excluding hydrogens is 228 g/mol. The monoisotopic (exact) mass is 246 g/mol. The lowest BCUT2D eigenvalue weighted by Gasteiger charge is -2.09. The number of hydrogen-bond acceptors (Lipinski definition) is 2. The fourth-order valence-corrected chi connectivity index (χ4v) is 1.76. The highest BCUT2D eigenvalue weighted by Gasteiger charge is 2.10. The summed E-state index contributed by atoms with van der Waals surface area (Å²) in [6.45, 7) is 7.42. The quantitative estimate of drug-likeness (QED) is 0.831. The SMILES string of the molecule is CC(=O)/C(=C/c1ccc(C)c(C)c1C)CC(=O)O. The number of carboxylic acid groups (broad SMARTS) is 1. The van der Waals surface area contributed by atoms with Gasteiger partial charge >= 0.3 is 5.97 Å². The summed E-state index contributed by atoms with van der Waals surface area (Å²) in [5.74, 6) is -1.19. The van der Waals surface area contributed by atoms with E-state index in [9.17, 15) is 9.59 Å². The van der Waals surface area contributed by atoms with E-state index in [1.165, 1.54) is 18.1 Å². The van der Waals surface area contributed by atoms with Gasteiger partial charge in [-0.2, -0.15) is 0 Å². The molecule has 0 bridgehead atoms. The second-order valence-electron chi connectivity index (χ2n) is 4.52. The summed E-state index contributed by atoms with van der Waals surface area (Å²) in [7, 11) is 0. The van der Waals surface area contributed by atoms with Crippen molar-refractivity contribution in [2.45, 2.75) is 34.1 Å². The van der Waals surface area contributed by atoms with Gasteiger partial charge in [0.05, 0.1) is 6.42 Å². The second kappa shape index (κ2) is 5.63. The molecule has 0 saturated heterocycles. The number of Topliss-reactive ketones (excluding diaryl/α,β-unsaturated/α-hetero) is 1. The lowest BCUT2D eigenvalue weighted by molar-refractivity contribution is -0.136. The van der Waals surface area contributed by atoms with Crippen LogP contribution in [0.25, 0.3) is 6.08 Å². The van der Waals surface area contributed by atoms with Crippen LogP contribution >= 0.6 is 0 Å². The first-order valence-corrected chi connectivity index (χ1v) is 5.83. The average Bonchev–Trinajstić information content (AvgIpc) is 2.28. The Balaban J connectivity index is 3.24. The molecule has 1 aromatic rings. The zero-order valence-electron chi connectivity index (χ0n) is 11.2. The Bertz CT molecular complexity index is 525. The average molecular weight is 246 g/mol. The van der Waals surface area contributed by atoms with Crippen molar-refractivity contribution in [2.75, 3.05) is 0 Å². The smallest absolute Gasteiger partial charge is 0.307 e. The normalized spacial score (nSPS) is 11.4. The fourth-order valence-electron chi connectivity index (χ4n) is 1.76. The van der Waals surface area contributed by atoms with E-state index in [0.717, 1.165) is 11.1 Å². The molecule has 0 atom stereocenters. The molecule has 0 amide bonds. The summed E-state index contributed by atoms with van der Waals surface area (Å²) in [5, 5.41) is 8.79. The van der Waals surface area contributed by atoms with E-state index in [-0.39, 0.29) is 12.2 Å². The Hall–Kier alpha value is -1.90. The van der Waals surface area contributed by atoms with Crippen LogP contribution in [0.1, 0.15) is 35.6 Å². The van der Waals surface area contributed by atoms with E-state index in [2.05, 4.69) is 0 Å². The van der Waals surface area contributed by atoms with Gasteiger partial charge in [0.15, 0.2) is 5.78 Å². The second-order valence-corrected chi connectivity index (χ2v) is 4.52. The van der Waals surface area contributed by atoms with E-state index >= 15 is 0 Å². The molecule has 96 valence electrons. The van der Waals surface area contributed by atoms with Crippen molar-refractivity contribution in [3.05, 3.63) is 40.0 Å². The van der Waals surface area contributed by atoms with Crippen LogP contribution in [0.3, 0.4) is 0 Å². The van der Waals surface area contributed by atoms with E-state index in [1.807, 2.05) is 32.9 Å². The van der Waals surface area contributed by atoms with Gasteiger partial charge in [0.1, 0.15) is 0 Å². The fraction of sp³-hybridized carbons (Fsp3) is 0.333. The number of carbonyl (C=O) groups is 2. The third kappa shape index (κ3) is 3.29. The van der Waals surface area contributed by atoms with E-state index in [0.29, 0.717) is 5.57 Å². The maximum Gasteiger partial charge on any atom is 0.307 e. The molecule has 0 spiro atoms. The molecule has 0 saturated carbocycles. The highest BCUT2D eigenvalue weighted by atomic mass is 16.4. The Kier molecular flexibility index (Phi) is 4.43. The Labute approximate surface area is 107 Å². The summed E-state index contributed by atoms with van der Waals surface area (Å²) in [6.07, 6.45) is 1.44. The molecule has 1 rings (SSSR count). The lowest BCUT2D eigenvalue weighted by Crippen LogP contribution is -2.04. The van der Waals surface area contributed by atoms with Crippen LogP contribution in [-0.2, 0) is 9.59 Å². The van der Waals surface area contributed by atoms with Gasteiger partial charge in [-0.3, -0.25) is 9.59 Å². The molecule has 0 aliphatic rings. The number of hydrogen-bond donors (Lipinski definition) is 1. The molecule has 0 aliphatic carbocycles. The minimum absolute atomic E-state index is 0.199. The first-order valence-electron chi connectivity index (χ1n) is 5.83. The summed E-state index contributed by atoms with van der Waals surface area (Å²) < 4.78 is 0. The molecule has 0 heterocycles. The molecule has 1 aromatic carbocycles. The molecule has 1 N–H and O–H groups in total. The third-order valence-electron chi connectivity index (χ3n) is 3.22. The summed E-state index contributed by atoms with van der Waals surface area (Å²) in [5.41, 5.74) is 4.67. The predicted molar refractivity (Wildman–Crippen MR) is 71.6 cm³/mol. The summed E-state index contributed by atoms with van der Waals surface area (Å²) in [6, 6.07) is 3.90. The molecule has 0 aliphatic heterocycles. The van der Waals surface area contributed by atoms with Crippen LogP contribution in [0.2, 0.25) is 0 Å². The Morgan fingerprint density at radius 1 is 1.17 bits per heavy atom. The van der Waals surface area contributed by atoms with Gasteiger partial charge in [-0.15, -0.1) is 0 Å². The standard InChI is InChI=1S/C15H18O3/c1-9-5-6-13(11(3)10(9)2)7-14(12(4)16)8-15(17)18/h5-7H,8H2,1-4H3,(H,17,18)/b14-7+. The van der Waals surface area contributed by atoms with Crippen molar-refractivity contribution >= 4 is 17.8 Å². The van der Waals surface area contributed by atoms with Gasteiger partial charge in [0, 0.05) is 5.57 Å². The maximum absolute atomic E-state index is 11.4. The minimum Gasteiger partial charge on any atom is -0.481 e. The van der Waals surface area contributed by atoms with Crippen LogP contribution in [0.15, 0.2) is 17.7 Å². The number of carboxylic acids is 1. The van der Waals surface area contributed by atoms with Crippen molar-refractivity contribution in [3.63, 3.8) is 0 Å². The number of ketones is 1. The van der Waals surface area contributed by atoms with Crippen molar-refractivity contribution in [1.29, 1.82) is 0 Å². The van der Waals surface area contributed by atoms with E-state index in [1.54, 1.807) is 6.08 Å².